The maximum Gasteiger partial charge on any atom is 0.123 e. The Morgan fingerprint density at radius 3 is 2.31 bits per heavy atom. The van der Waals surface area contributed by atoms with Crippen LogP contribution in [0.1, 0.15) is 31.2 Å². The third-order valence-electron chi connectivity index (χ3n) is 6.93. The molecule has 0 amide bonds. The molecule has 36 heavy (non-hydrogen) atoms. The SMILES string of the molecule is Fc1ccc(-c2ccc(-n3ncc4cc(-c5cncc(CN6CCCCCC6)c5)ccc43)cn2)cc1. The molecule has 1 aliphatic rings. The first-order valence-electron chi connectivity index (χ1n) is 12.6. The van der Waals surface area contributed by atoms with E-state index in [0.717, 1.165) is 45.5 Å². The summed E-state index contributed by atoms with van der Waals surface area (Å²) in [5.41, 5.74) is 7.10. The van der Waals surface area contributed by atoms with E-state index in [0.29, 0.717) is 0 Å². The molecule has 1 aliphatic heterocycles. The average molecular weight is 478 g/mol. The predicted molar refractivity (Wildman–Crippen MR) is 141 cm³/mol. The van der Waals surface area contributed by atoms with Gasteiger partial charge in [0.25, 0.3) is 0 Å². The first-order valence-corrected chi connectivity index (χ1v) is 12.6. The quantitative estimate of drug-likeness (QED) is 0.284. The van der Waals surface area contributed by atoms with Gasteiger partial charge in [-0.05, 0) is 91.7 Å². The van der Waals surface area contributed by atoms with E-state index >= 15 is 0 Å². The van der Waals surface area contributed by atoms with Crippen LogP contribution in [0.4, 0.5) is 4.39 Å². The van der Waals surface area contributed by atoms with Crippen molar-refractivity contribution in [3.8, 4) is 28.1 Å². The van der Waals surface area contributed by atoms with Gasteiger partial charge in [-0.1, -0.05) is 18.9 Å². The maximum absolute atomic E-state index is 13.2. The molecular weight excluding hydrogens is 449 g/mol. The van der Waals surface area contributed by atoms with Crippen LogP contribution in [0.2, 0.25) is 0 Å². The number of likely N-dealkylation sites (tertiary alicyclic amines) is 1. The van der Waals surface area contributed by atoms with Gasteiger partial charge in [-0.25, -0.2) is 9.07 Å². The first kappa shape index (κ1) is 22.6. The second-order valence-corrected chi connectivity index (χ2v) is 9.51. The fourth-order valence-corrected chi connectivity index (χ4v) is 5.01. The summed E-state index contributed by atoms with van der Waals surface area (Å²) in [4.78, 5) is 11.7. The minimum atomic E-state index is -0.252. The summed E-state index contributed by atoms with van der Waals surface area (Å²) < 4.78 is 15.1. The van der Waals surface area contributed by atoms with Crippen molar-refractivity contribution in [2.45, 2.75) is 32.2 Å². The fourth-order valence-electron chi connectivity index (χ4n) is 5.01. The van der Waals surface area contributed by atoms with E-state index in [1.54, 1.807) is 18.3 Å². The summed E-state index contributed by atoms with van der Waals surface area (Å²) in [5, 5.41) is 5.69. The summed E-state index contributed by atoms with van der Waals surface area (Å²) in [5.74, 6) is -0.252. The van der Waals surface area contributed by atoms with Crippen LogP contribution in [0.5, 0.6) is 0 Å². The van der Waals surface area contributed by atoms with Crippen LogP contribution in [0.25, 0.3) is 39.0 Å². The predicted octanol–water partition coefficient (Wildman–Crippen LogP) is 6.66. The molecule has 0 atom stereocenters. The van der Waals surface area contributed by atoms with Crippen LogP contribution in [-0.2, 0) is 6.54 Å². The summed E-state index contributed by atoms with van der Waals surface area (Å²) in [6.45, 7) is 3.31. The number of benzene rings is 2. The molecule has 0 N–H and O–H groups in total. The third-order valence-corrected chi connectivity index (χ3v) is 6.93. The highest BCUT2D eigenvalue weighted by atomic mass is 19.1. The van der Waals surface area contributed by atoms with Gasteiger partial charge < -0.3 is 0 Å². The lowest BCUT2D eigenvalue weighted by molar-refractivity contribution is 0.277. The molecule has 0 spiro atoms. The summed E-state index contributed by atoms with van der Waals surface area (Å²) in [6, 6.07) is 19.0. The van der Waals surface area contributed by atoms with E-state index < -0.39 is 0 Å². The van der Waals surface area contributed by atoms with Crippen LogP contribution in [0, 0.1) is 5.82 Å². The van der Waals surface area contributed by atoms with Gasteiger partial charge in [0.15, 0.2) is 0 Å². The van der Waals surface area contributed by atoms with Gasteiger partial charge >= 0.3 is 0 Å². The normalized spacial score (nSPS) is 14.7. The molecule has 0 aliphatic carbocycles. The van der Waals surface area contributed by atoms with Crippen molar-refractivity contribution >= 4 is 10.9 Å². The topological polar surface area (TPSA) is 46.8 Å². The molecule has 0 radical (unpaired) electrons. The number of fused-ring (bicyclic) bond motifs is 1. The van der Waals surface area contributed by atoms with Crippen LogP contribution < -0.4 is 0 Å². The Bertz CT molecular complexity index is 1470. The zero-order valence-electron chi connectivity index (χ0n) is 20.1. The minimum Gasteiger partial charge on any atom is -0.299 e. The lowest BCUT2D eigenvalue weighted by Gasteiger charge is -2.19. The zero-order chi connectivity index (χ0) is 24.3. The Balaban J connectivity index is 1.24. The number of aromatic nitrogens is 4. The average Bonchev–Trinajstić information content (AvgIpc) is 3.17. The van der Waals surface area contributed by atoms with Crippen molar-refractivity contribution in [3.63, 3.8) is 0 Å². The van der Waals surface area contributed by atoms with E-state index in [2.05, 4.69) is 44.2 Å². The fraction of sp³-hybridized carbons (Fsp3) is 0.233. The van der Waals surface area contributed by atoms with Gasteiger partial charge in [-0.2, -0.15) is 5.10 Å². The number of rotatable bonds is 5. The lowest BCUT2D eigenvalue weighted by atomic mass is 10.0. The lowest BCUT2D eigenvalue weighted by Crippen LogP contribution is -2.24. The minimum absolute atomic E-state index is 0.252. The van der Waals surface area contributed by atoms with Crippen molar-refractivity contribution < 1.29 is 4.39 Å². The number of nitrogens with zero attached hydrogens (tertiary/aromatic N) is 5. The van der Waals surface area contributed by atoms with Crippen molar-refractivity contribution in [2.24, 2.45) is 0 Å². The van der Waals surface area contributed by atoms with Gasteiger partial charge in [0.1, 0.15) is 5.82 Å². The van der Waals surface area contributed by atoms with Crippen LogP contribution in [0.15, 0.2) is 85.5 Å². The summed E-state index contributed by atoms with van der Waals surface area (Å²) in [6.07, 6.45) is 12.9. The molecule has 0 unspecified atom stereocenters. The van der Waals surface area contributed by atoms with Gasteiger partial charge in [0.2, 0.25) is 0 Å². The molecule has 0 bridgehead atoms. The molecule has 180 valence electrons. The molecule has 1 saturated heterocycles. The molecule has 4 heterocycles. The van der Waals surface area contributed by atoms with Gasteiger partial charge in [0.05, 0.1) is 29.3 Å². The first-order chi connectivity index (χ1) is 17.7. The second-order valence-electron chi connectivity index (χ2n) is 9.51. The van der Waals surface area contributed by atoms with E-state index in [-0.39, 0.29) is 5.82 Å². The molecule has 0 saturated carbocycles. The highest BCUT2D eigenvalue weighted by Crippen LogP contribution is 2.27. The number of halogens is 1. The highest BCUT2D eigenvalue weighted by Gasteiger charge is 2.12. The van der Waals surface area contributed by atoms with Crippen LogP contribution in [0.3, 0.4) is 0 Å². The van der Waals surface area contributed by atoms with Gasteiger partial charge in [0, 0.05) is 35.5 Å². The standard InChI is InChI=1S/C30H28FN5/c31-27-8-5-23(6-9-27)29-11-10-28(20-33-29)36-30-12-7-24(16-26(30)19-34-36)25-15-22(17-32-18-25)21-35-13-3-1-2-4-14-35/h5-12,15-20H,1-4,13-14,21H2. The van der Waals surface area contributed by atoms with Crippen molar-refractivity contribution in [1.29, 1.82) is 0 Å². The molecule has 1 fully saturated rings. The van der Waals surface area contributed by atoms with Crippen molar-refractivity contribution in [2.75, 3.05) is 13.1 Å². The molecule has 2 aromatic carbocycles. The molecule has 3 aromatic heterocycles. The van der Waals surface area contributed by atoms with E-state index in [1.807, 2.05) is 35.4 Å². The van der Waals surface area contributed by atoms with Crippen molar-refractivity contribution in [1.82, 2.24) is 24.6 Å². The zero-order valence-corrected chi connectivity index (χ0v) is 20.1. The Hall–Kier alpha value is -3.90. The Morgan fingerprint density at radius 1 is 0.722 bits per heavy atom. The summed E-state index contributed by atoms with van der Waals surface area (Å²) >= 11 is 0. The van der Waals surface area contributed by atoms with Crippen LogP contribution in [-0.4, -0.2) is 37.7 Å². The monoisotopic (exact) mass is 477 g/mol. The van der Waals surface area contributed by atoms with E-state index in [1.165, 1.54) is 56.5 Å². The largest absolute Gasteiger partial charge is 0.299 e. The highest BCUT2D eigenvalue weighted by molar-refractivity contribution is 5.85. The number of hydrogen-bond acceptors (Lipinski definition) is 4. The second kappa shape index (κ2) is 9.99. The molecular formula is C30H28FN5. The molecule has 6 rings (SSSR count). The van der Waals surface area contributed by atoms with Gasteiger partial charge in [-0.3, -0.25) is 14.9 Å². The molecule has 6 heteroatoms. The van der Waals surface area contributed by atoms with E-state index in [4.69, 9.17) is 0 Å². The van der Waals surface area contributed by atoms with Crippen LogP contribution >= 0.6 is 0 Å². The van der Waals surface area contributed by atoms with E-state index in [9.17, 15) is 4.39 Å². The maximum atomic E-state index is 13.2. The number of hydrogen-bond donors (Lipinski definition) is 0. The molecule has 5 nitrogen and oxygen atoms in total. The Labute approximate surface area is 210 Å². The third kappa shape index (κ3) is 4.77. The number of pyridine rings is 2. The Kier molecular flexibility index (Phi) is 6.26. The molecule has 5 aromatic rings. The van der Waals surface area contributed by atoms with Crippen molar-refractivity contribution in [3.05, 3.63) is 96.8 Å². The Morgan fingerprint density at radius 2 is 1.53 bits per heavy atom. The summed E-state index contributed by atoms with van der Waals surface area (Å²) in [7, 11) is 0. The van der Waals surface area contributed by atoms with Gasteiger partial charge in [-0.15, -0.1) is 0 Å². The smallest absolute Gasteiger partial charge is 0.123 e.